The molecule has 0 bridgehead atoms. The summed E-state index contributed by atoms with van der Waals surface area (Å²) in [7, 11) is 0. The van der Waals surface area contributed by atoms with Crippen LogP contribution < -0.4 is 14.3 Å². The van der Waals surface area contributed by atoms with Crippen LogP contribution in [0.3, 0.4) is 0 Å². The van der Waals surface area contributed by atoms with E-state index in [0.717, 1.165) is 0 Å². The van der Waals surface area contributed by atoms with Gasteiger partial charge < -0.3 is 0 Å². The van der Waals surface area contributed by atoms with Gasteiger partial charge in [-0.1, -0.05) is 0 Å². The first kappa shape index (κ1) is 14.7. The first-order chi connectivity index (χ1) is 10.9. The Labute approximate surface area is 135 Å². The third-order valence-corrected chi connectivity index (χ3v) is 15.5. The molecular weight excluding hydrogens is 375 g/mol. The van der Waals surface area contributed by atoms with E-state index >= 15 is 0 Å². The van der Waals surface area contributed by atoms with E-state index in [0.29, 0.717) is 0 Å². The molecule has 3 rings (SSSR count). The van der Waals surface area contributed by atoms with Crippen molar-refractivity contribution in [3.8, 4) is 6.19 Å². The average Bonchev–Trinajstić information content (AvgIpc) is 2.62. The van der Waals surface area contributed by atoms with Crippen LogP contribution in [0.2, 0.25) is 0 Å². The molecule has 22 heavy (non-hydrogen) atoms. The predicted molar refractivity (Wildman–Crippen MR) is 92.7 cm³/mol. The third kappa shape index (κ3) is 2.60. The minimum absolute atomic E-state index is 1.25. The summed E-state index contributed by atoms with van der Waals surface area (Å²) in [6, 6.07) is 31.2. The molecule has 1 N–H and O–H groups in total. The Morgan fingerprint density at radius 1 is 0.591 bits per heavy atom. The van der Waals surface area contributed by atoms with E-state index in [1.807, 2.05) is 54.6 Å². The van der Waals surface area contributed by atoms with Gasteiger partial charge in [-0.15, -0.1) is 0 Å². The zero-order valence-corrected chi connectivity index (χ0v) is 15.0. The van der Waals surface area contributed by atoms with Crippen LogP contribution in [-0.2, 0) is 0 Å². The Morgan fingerprint density at radius 2 is 0.909 bits per heavy atom. The molecule has 0 saturated carbocycles. The van der Waals surface area contributed by atoms with Crippen LogP contribution in [0.15, 0.2) is 91.0 Å². The van der Waals surface area contributed by atoms with E-state index in [1.165, 1.54) is 10.7 Å². The summed E-state index contributed by atoms with van der Waals surface area (Å²) in [5.41, 5.74) is 0. The van der Waals surface area contributed by atoms with Crippen molar-refractivity contribution in [3.05, 3.63) is 91.0 Å². The summed E-state index contributed by atoms with van der Waals surface area (Å²) >= 11 is -3.48. The second-order valence-electron chi connectivity index (χ2n) is 5.08. The fraction of sp³-hybridized carbons (Fsp3) is 0. The van der Waals surface area contributed by atoms with Crippen LogP contribution in [0, 0.1) is 11.5 Å². The van der Waals surface area contributed by atoms with Crippen molar-refractivity contribution in [1.29, 1.82) is 5.26 Å². The zero-order chi connectivity index (χ0) is 15.3. The van der Waals surface area contributed by atoms with Crippen LogP contribution in [0.4, 0.5) is 0 Å². The van der Waals surface area contributed by atoms with Crippen LogP contribution in [0.1, 0.15) is 0 Å². The molecule has 3 aromatic rings. The average molecular weight is 391 g/mol. The van der Waals surface area contributed by atoms with Gasteiger partial charge in [0.1, 0.15) is 0 Å². The molecule has 0 aliphatic carbocycles. The molecule has 0 heterocycles. The molecule has 3 aromatic carbocycles. The van der Waals surface area contributed by atoms with E-state index in [1.54, 1.807) is 0 Å². The number of nitrogens with zero attached hydrogens (tertiary/aromatic N) is 1. The number of rotatable bonds is 4. The number of hydrogen-bond donors (Lipinski definition) is 1. The maximum atomic E-state index is 9.48. The van der Waals surface area contributed by atoms with Gasteiger partial charge in [0.2, 0.25) is 0 Å². The number of nitrogens with one attached hydrogen (secondary N) is 1. The van der Waals surface area contributed by atoms with Crippen molar-refractivity contribution in [3.63, 3.8) is 0 Å². The fourth-order valence-electron chi connectivity index (χ4n) is 2.86. The number of benzene rings is 3. The molecule has 106 valence electrons. The summed E-state index contributed by atoms with van der Waals surface area (Å²) in [6.07, 6.45) is 2.25. The third-order valence-electron chi connectivity index (χ3n) is 3.86. The van der Waals surface area contributed by atoms with E-state index in [2.05, 4.69) is 46.1 Å². The van der Waals surface area contributed by atoms with Gasteiger partial charge in [-0.25, -0.2) is 0 Å². The molecule has 3 heteroatoms. The summed E-state index contributed by atoms with van der Waals surface area (Å²) in [4.78, 5) is 0. The van der Waals surface area contributed by atoms with Crippen molar-refractivity contribution in [1.82, 2.24) is 3.54 Å². The molecule has 0 radical (unpaired) electrons. The molecule has 0 amide bonds. The molecule has 0 aliphatic rings. The maximum absolute atomic E-state index is 9.48. The zero-order valence-electron chi connectivity index (χ0n) is 12.1. The van der Waals surface area contributed by atoms with Gasteiger partial charge in [-0.05, 0) is 0 Å². The Bertz CT molecular complexity index is 668. The quantitative estimate of drug-likeness (QED) is 0.418. The van der Waals surface area contributed by atoms with Crippen molar-refractivity contribution >= 4 is 29.4 Å². The van der Waals surface area contributed by atoms with E-state index in [9.17, 15) is 5.26 Å². The van der Waals surface area contributed by atoms with Crippen LogP contribution in [0.5, 0.6) is 0 Å². The van der Waals surface area contributed by atoms with Gasteiger partial charge in [0, 0.05) is 0 Å². The molecule has 0 atom stereocenters. The van der Waals surface area contributed by atoms with Gasteiger partial charge in [-0.2, -0.15) is 0 Å². The molecule has 0 spiro atoms. The topological polar surface area (TPSA) is 35.8 Å². The summed E-state index contributed by atoms with van der Waals surface area (Å²) in [5, 5.41) is 9.48. The van der Waals surface area contributed by atoms with E-state index in [-0.39, 0.29) is 0 Å². The molecule has 0 saturated heterocycles. The van der Waals surface area contributed by atoms with Gasteiger partial charge in [0.05, 0.1) is 0 Å². The predicted octanol–water partition coefficient (Wildman–Crippen LogP) is 1.72. The molecule has 0 fully saturated rings. The minimum atomic E-state index is -3.48. The van der Waals surface area contributed by atoms with Crippen molar-refractivity contribution < 1.29 is 0 Å². The SMILES string of the molecule is N#C[NH][Sn]([c]1ccccc1)([c]1ccccc1)[c]1ccccc1. The molecule has 0 aliphatic heterocycles. The van der Waals surface area contributed by atoms with E-state index in [4.69, 9.17) is 0 Å². The fourth-order valence-corrected chi connectivity index (χ4v) is 13.4. The van der Waals surface area contributed by atoms with Crippen LogP contribution >= 0.6 is 0 Å². The molecule has 0 unspecified atom stereocenters. The van der Waals surface area contributed by atoms with Gasteiger partial charge >= 0.3 is 135 Å². The van der Waals surface area contributed by atoms with Crippen molar-refractivity contribution in [2.24, 2.45) is 0 Å². The number of nitriles is 1. The Hall–Kier alpha value is -2.25. The Kier molecular flexibility index (Phi) is 4.45. The first-order valence-electron chi connectivity index (χ1n) is 7.21. The standard InChI is InChI=1S/3C6H5.CHN2.Sn/c3*1-2-4-6-5-3-1;2-1-3;/h3*1-5H;2H;/q;;;-1;+1. The van der Waals surface area contributed by atoms with Gasteiger partial charge in [-0.3, -0.25) is 0 Å². The van der Waals surface area contributed by atoms with Crippen LogP contribution in [0.25, 0.3) is 0 Å². The van der Waals surface area contributed by atoms with Gasteiger partial charge in [0.25, 0.3) is 0 Å². The normalized spacial score (nSPS) is 10.7. The monoisotopic (exact) mass is 392 g/mol. The molecule has 2 nitrogen and oxygen atoms in total. The van der Waals surface area contributed by atoms with Crippen molar-refractivity contribution in [2.45, 2.75) is 0 Å². The van der Waals surface area contributed by atoms with Crippen molar-refractivity contribution in [2.75, 3.05) is 0 Å². The first-order valence-corrected chi connectivity index (χ1v) is 12.9. The Balaban J connectivity index is 2.32. The second kappa shape index (κ2) is 6.67. The molecular formula is C19H16N2Sn. The summed E-state index contributed by atoms with van der Waals surface area (Å²) < 4.78 is 7.00. The second-order valence-corrected chi connectivity index (χ2v) is 15.0. The summed E-state index contributed by atoms with van der Waals surface area (Å²) in [5.74, 6) is 0. The van der Waals surface area contributed by atoms with Gasteiger partial charge in [0.15, 0.2) is 0 Å². The molecule has 0 aromatic heterocycles. The van der Waals surface area contributed by atoms with Crippen LogP contribution in [-0.4, -0.2) is 18.7 Å². The van der Waals surface area contributed by atoms with E-state index < -0.39 is 18.7 Å². The number of hydrogen-bond acceptors (Lipinski definition) is 2. The Morgan fingerprint density at radius 3 is 1.18 bits per heavy atom. The summed E-state index contributed by atoms with van der Waals surface area (Å²) in [6.45, 7) is 0.